The fourth-order valence-corrected chi connectivity index (χ4v) is 3.41. The average molecular weight is 419 g/mol. The van der Waals surface area contributed by atoms with E-state index in [-0.39, 0.29) is 12.6 Å². The molecule has 4 heteroatoms. The summed E-state index contributed by atoms with van der Waals surface area (Å²) in [7, 11) is 0. The number of hydrogen-bond donors (Lipinski definition) is 1. The van der Waals surface area contributed by atoms with Gasteiger partial charge in [-0.1, -0.05) is 61.5 Å². The number of aryl methyl sites for hydroxylation is 1. The van der Waals surface area contributed by atoms with Gasteiger partial charge in [-0.3, -0.25) is 0 Å². The van der Waals surface area contributed by atoms with Crippen molar-refractivity contribution in [3.05, 3.63) is 89.0 Å². The number of aliphatic hydroxyl groups is 1. The number of para-hydroxylation sites is 1. The molecule has 3 aromatic rings. The standard InChI is InChI=1S/C27H30O4/c1-5-20-9-6-7-11-23(20)24-12-8-10-22(17-28)25(24)30-18-19-13-15-21(16-14-19)26(29)31-27(2,3)4/h6-16,28H,5,17-18H2,1-4H3. The van der Waals surface area contributed by atoms with Crippen LogP contribution >= 0.6 is 0 Å². The van der Waals surface area contributed by atoms with Crippen molar-refractivity contribution in [2.75, 3.05) is 0 Å². The monoisotopic (exact) mass is 418 g/mol. The van der Waals surface area contributed by atoms with E-state index < -0.39 is 5.60 Å². The van der Waals surface area contributed by atoms with Gasteiger partial charge in [-0.2, -0.15) is 0 Å². The number of ether oxygens (including phenoxy) is 2. The van der Waals surface area contributed by atoms with Gasteiger partial charge in [-0.05, 0) is 56.0 Å². The van der Waals surface area contributed by atoms with Gasteiger partial charge in [-0.15, -0.1) is 0 Å². The Balaban J connectivity index is 1.83. The Morgan fingerprint density at radius 1 is 0.871 bits per heavy atom. The summed E-state index contributed by atoms with van der Waals surface area (Å²) in [6, 6.07) is 21.3. The highest BCUT2D eigenvalue weighted by atomic mass is 16.6. The first-order valence-corrected chi connectivity index (χ1v) is 10.6. The Morgan fingerprint density at radius 3 is 2.16 bits per heavy atom. The molecule has 0 bridgehead atoms. The van der Waals surface area contributed by atoms with Gasteiger partial charge in [0.25, 0.3) is 0 Å². The quantitative estimate of drug-likeness (QED) is 0.482. The third-order valence-electron chi connectivity index (χ3n) is 4.93. The molecule has 0 fully saturated rings. The van der Waals surface area contributed by atoms with E-state index in [9.17, 15) is 9.90 Å². The van der Waals surface area contributed by atoms with Crippen LogP contribution in [0.2, 0.25) is 0 Å². The Bertz CT molecular complexity index is 1030. The summed E-state index contributed by atoms with van der Waals surface area (Å²) in [5.41, 5.74) is 4.95. The van der Waals surface area contributed by atoms with Crippen LogP contribution in [0.3, 0.4) is 0 Å². The molecule has 31 heavy (non-hydrogen) atoms. The molecular formula is C27H30O4. The third-order valence-corrected chi connectivity index (χ3v) is 4.93. The zero-order valence-electron chi connectivity index (χ0n) is 18.6. The van der Waals surface area contributed by atoms with Crippen LogP contribution in [-0.2, 0) is 24.4 Å². The first-order valence-electron chi connectivity index (χ1n) is 10.6. The predicted molar refractivity (Wildman–Crippen MR) is 123 cm³/mol. The van der Waals surface area contributed by atoms with Crippen molar-refractivity contribution in [3.8, 4) is 16.9 Å². The van der Waals surface area contributed by atoms with Gasteiger partial charge in [0, 0.05) is 11.1 Å². The van der Waals surface area contributed by atoms with Crippen LogP contribution in [0.4, 0.5) is 0 Å². The number of hydrogen-bond acceptors (Lipinski definition) is 4. The minimum atomic E-state index is -0.530. The van der Waals surface area contributed by atoms with E-state index in [0.717, 1.165) is 28.7 Å². The highest BCUT2D eigenvalue weighted by Crippen LogP contribution is 2.36. The van der Waals surface area contributed by atoms with E-state index in [1.807, 2.05) is 63.2 Å². The molecule has 1 N–H and O–H groups in total. The first kappa shape index (κ1) is 22.6. The lowest BCUT2D eigenvalue weighted by molar-refractivity contribution is 0.00694. The fraction of sp³-hybridized carbons (Fsp3) is 0.296. The van der Waals surface area contributed by atoms with Crippen LogP contribution in [0, 0.1) is 0 Å². The van der Waals surface area contributed by atoms with Gasteiger partial charge in [0.1, 0.15) is 18.0 Å². The van der Waals surface area contributed by atoms with E-state index in [1.54, 1.807) is 12.1 Å². The lowest BCUT2D eigenvalue weighted by Gasteiger charge is -2.19. The Morgan fingerprint density at radius 2 is 1.52 bits per heavy atom. The van der Waals surface area contributed by atoms with Crippen LogP contribution in [0.5, 0.6) is 5.75 Å². The lowest BCUT2D eigenvalue weighted by Crippen LogP contribution is -2.23. The number of aliphatic hydroxyl groups excluding tert-OH is 1. The molecule has 0 atom stereocenters. The van der Waals surface area contributed by atoms with Crippen LogP contribution in [0.1, 0.15) is 54.7 Å². The van der Waals surface area contributed by atoms with Crippen LogP contribution < -0.4 is 4.74 Å². The van der Waals surface area contributed by atoms with Crippen molar-refractivity contribution >= 4 is 5.97 Å². The van der Waals surface area contributed by atoms with Gasteiger partial charge in [0.05, 0.1) is 12.2 Å². The molecule has 0 aliphatic heterocycles. The average Bonchev–Trinajstić information content (AvgIpc) is 2.76. The molecule has 0 aromatic heterocycles. The van der Waals surface area contributed by atoms with Crippen molar-refractivity contribution in [1.29, 1.82) is 0 Å². The van der Waals surface area contributed by atoms with Crippen molar-refractivity contribution in [3.63, 3.8) is 0 Å². The SMILES string of the molecule is CCc1ccccc1-c1cccc(CO)c1OCc1ccc(C(=O)OC(C)(C)C)cc1. The summed E-state index contributed by atoms with van der Waals surface area (Å²) < 4.78 is 11.6. The van der Waals surface area contributed by atoms with E-state index in [4.69, 9.17) is 9.47 Å². The maximum Gasteiger partial charge on any atom is 0.338 e. The summed E-state index contributed by atoms with van der Waals surface area (Å²) in [5, 5.41) is 9.87. The van der Waals surface area contributed by atoms with Crippen LogP contribution in [0.25, 0.3) is 11.1 Å². The Labute approximate surface area is 184 Å². The Hall–Kier alpha value is -3.11. The molecule has 0 radical (unpaired) electrons. The summed E-state index contributed by atoms with van der Waals surface area (Å²) >= 11 is 0. The predicted octanol–water partition coefficient (Wildman–Crippen LogP) is 5.94. The Kier molecular flexibility index (Phi) is 7.13. The zero-order valence-corrected chi connectivity index (χ0v) is 18.6. The molecular weight excluding hydrogens is 388 g/mol. The number of carbonyl (C=O) groups is 1. The van der Waals surface area contributed by atoms with E-state index in [0.29, 0.717) is 17.9 Å². The minimum absolute atomic E-state index is 0.102. The molecule has 0 amide bonds. The van der Waals surface area contributed by atoms with Crippen molar-refractivity contribution < 1.29 is 19.4 Å². The molecule has 0 saturated carbocycles. The highest BCUT2D eigenvalue weighted by Gasteiger charge is 2.18. The number of esters is 1. The fourth-order valence-electron chi connectivity index (χ4n) is 3.41. The third kappa shape index (κ3) is 5.74. The van der Waals surface area contributed by atoms with Crippen LogP contribution in [-0.4, -0.2) is 16.7 Å². The van der Waals surface area contributed by atoms with Crippen molar-refractivity contribution in [2.45, 2.75) is 52.9 Å². The number of rotatable bonds is 7. The molecule has 0 unspecified atom stereocenters. The van der Waals surface area contributed by atoms with Gasteiger partial charge in [-0.25, -0.2) is 4.79 Å². The molecule has 0 spiro atoms. The first-order chi connectivity index (χ1) is 14.8. The van der Waals surface area contributed by atoms with Gasteiger partial charge in [0.15, 0.2) is 0 Å². The highest BCUT2D eigenvalue weighted by molar-refractivity contribution is 5.89. The topological polar surface area (TPSA) is 55.8 Å². The molecule has 3 aromatic carbocycles. The second kappa shape index (κ2) is 9.80. The second-order valence-corrected chi connectivity index (χ2v) is 8.45. The maximum absolute atomic E-state index is 12.2. The summed E-state index contributed by atoms with van der Waals surface area (Å²) in [6.45, 7) is 7.89. The van der Waals surface area contributed by atoms with E-state index in [2.05, 4.69) is 19.1 Å². The van der Waals surface area contributed by atoms with Crippen molar-refractivity contribution in [2.24, 2.45) is 0 Å². The normalized spacial score (nSPS) is 11.3. The summed E-state index contributed by atoms with van der Waals surface area (Å²) in [5.74, 6) is 0.339. The summed E-state index contributed by atoms with van der Waals surface area (Å²) in [4.78, 5) is 12.2. The molecule has 4 nitrogen and oxygen atoms in total. The largest absolute Gasteiger partial charge is 0.488 e. The van der Waals surface area contributed by atoms with Gasteiger partial charge >= 0.3 is 5.97 Å². The van der Waals surface area contributed by atoms with Crippen LogP contribution in [0.15, 0.2) is 66.7 Å². The molecule has 0 heterocycles. The van der Waals surface area contributed by atoms with E-state index >= 15 is 0 Å². The molecule has 162 valence electrons. The maximum atomic E-state index is 12.2. The van der Waals surface area contributed by atoms with Gasteiger partial charge < -0.3 is 14.6 Å². The minimum Gasteiger partial charge on any atom is -0.488 e. The second-order valence-electron chi connectivity index (χ2n) is 8.45. The molecule has 3 rings (SSSR count). The number of carbonyl (C=O) groups excluding carboxylic acids is 1. The van der Waals surface area contributed by atoms with Crippen molar-refractivity contribution in [1.82, 2.24) is 0 Å². The number of benzene rings is 3. The lowest BCUT2D eigenvalue weighted by atomic mass is 9.95. The van der Waals surface area contributed by atoms with Gasteiger partial charge in [0.2, 0.25) is 0 Å². The molecule has 0 saturated heterocycles. The molecule has 0 aliphatic rings. The van der Waals surface area contributed by atoms with E-state index in [1.165, 1.54) is 5.56 Å². The zero-order chi connectivity index (χ0) is 22.4. The molecule has 0 aliphatic carbocycles. The smallest absolute Gasteiger partial charge is 0.338 e. The summed E-state index contributed by atoms with van der Waals surface area (Å²) in [6.07, 6.45) is 0.908.